The Labute approximate surface area is 156 Å². The van der Waals surface area contributed by atoms with E-state index in [1.165, 1.54) is 6.26 Å². The molecule has 1 heterocycles. The van der Waals surface area contributed by atoms with Crippen LogP contribution in [0.25, 0.3) is 0 Å². The van der Waals surface area contributed by atoms with Gasteiger partial charge in [0.2, 0.25) is 0 Å². The van der Waals surface area contributed by atoms with Crippen molar-refractivity contribution < 1.29 is 17.9 Å². The molecule has 0 aromatic carbocycles. The standard InChI is InChI=1S/C17H32N4O4S/c1-6-18-14(19-11-17(7-8-17)12-26(5,23)24)20-13-9-21(10-13)15(22)25-16(2,3)4/h13H,6-12H2,1-5H3,(H2,18,19,20). The Kier molecular flexibility index (Phi) is 6.09. The van der Waals surface area contributed by atoms with E-state index in [0.717, 1.165) is 12.8 Å². The van der Waals surface area contributed by atoms with Crippen molar-refractivity contribution >= 4 is 21.9 Å². The van der Waals surface area contributed by atoms with E-state index in [1.54, 1.807) is 4.90 Å². The number of carbonyl (C=O) groups excluding carboxylic acids is 1. The maximum absolute atomic E-state index is 12.0. The quantitative estimate of drug-likeness (QED) is 0.520. The molecule has 0 aromatic rings. The molecule has 8 nitrogen and oxygen atoms in total. The Hall–Kier alpha value is -1.51. The Morgan fingerprint density at radius 3 is 2.38 bits per heavy atom. The highest BCUT2D eigenvalue weighted by molar-refractivity contribution is 7.90. The van der Waals surface area contributed by atoms with Crippen LogP contribution in [0.5, 0.6) is 0 Å². The van der Waals surface area contributed by atoms with E-state index in [9.17, 15) is 13.2 Å². The van der Waals surface area contributed by atoms with E-state index in [4.69, 9.17) is 4.74 Å². The lowest BCUT2D eigenvalue weighted by atomic mass is 10.1. The van der Waals surface area contributed by atoms with Gasteiger partial charge in [-0.3, -0.25) is 4.99 Å². The molecule has 2 N–H and O–H groups in total. The Morgan fingerprint density at radius 2 is 1.92 bits per heavy atom. The minimum absolute atomic E-state index is 0.116. The molecular formula is C17H32N4O4S. The van der Waals surface area contributed by atoms with Gasteiger partial charge < -0.3 is 20.3 Å². The molecule has 0 radical (unpaired) electrons. The fourth-order valence-corrected chi connectivity index (χ4v) is 4.38. The number of hydrogen-bond acceptors (Lipinski definition) is 5. The Bertz CT molecular complexity index is 644. The van der Waals surface area contributed by atoms with Gasteiger partial charge in [0.1, 0.15) is 15.4 Å². The third-order valence-corrected chi connectivity index (χ3v) is 5.45. The molecule has 0 unspecified atom stereocenters. The van der Waals surface area contributed by atoms with Gasteiger partial charge in [-0.05, 0) is 40.5 Å². The number of guanidine groups is 1. The molecule has 2 fully saturated rings. The summed E-state index contributed by atoms with van der Waals surface area (Å²) in [5, 5.41) is 6.49. The van der Waals surface area contributed by atoms with Gasteiger partial charge in [0.05, 0.1) is 11.8 Å². The van der Waals surface area contributed by atoms with Gasteiger partial charge in [0.15, 0.2) is 5.96 Å². The second-order valence-electron chi connectivity index (χ2n) is 8.49. The second-order valence-corrected chi connectivity index (χ2v) is 10.6. The van der Waals surface area contributed by atoms with Gasteiger partial charge in [-0.25, -0.2) is 13.2 Å². The first kappa shape index (κ1) is 20.8. The van der Waals surface area contributed by atoms with Crippen LogP contribution in [0, 0.1) is 5.41 Å². The summed E-state index contributed by atoms with van der Waals surface area (Å²) < 4.78 is 28.5. The first-order valence-electron chi connectivity index (χ1n) is 9.12. The SMILES string of the molecule is CCNC(=NCC1(CS(C)(=O)=O)CC1)NC1CN(C(=O)OC(C)(C)C)C1. The highest BCUT2D eigenvalue weighted by Gasteiger charge is 2.45. The third kappa shape index (κ3) is 6.66. The second kappa shape index (κ2) is 7.62. The number of carbonyl (C=O) groups is 1. The van der Waals surface area contributed by atoms with Crippen molar-refractivity contribution in [2.45, 2.75) is 52.2 Å². The predicted molar refractivity (Wildman–Crippen MR) is 102 cm³/mol. The van der Waals surface area contributed by atoms with E-state index >= 15 is 0 Å². The molecule has 1 saturated heterocycles. The molecule has 1 aliphatic heterocycles. The van der Waals surface area contributed by atoms with Crippen LogP contribution >= 0.6 is 0 Å². The summed E-state index contributed by atoms with van der Waals surface area (Å²) >= 11 is 0. The minimum atomic E-state index is -3.00. The van der Waals surface area contributed by atoms with Crippen LogP contribution in [0.3, 0.4) is 0 Å². The molecule has 150 valence electrons. The van der Waals surface area contributed by atoms with E-state index < -0.39 is 15.4 Å². The number of aliphatic imine (C=N–C) groups is 1. The molecule has 1 saturated carbocycles. The van der Waals surface area contributed by atoms with Crippen molar-refractivity contribution in [1.82, 2.24) is 15.5 Å². The lowest BCUT2D eigenvalue weighted by Crippen LogP contribution is -2.63. The zero-order valence-electron chi connectivity index (χ0n) is 16.5. The third-order valence-electron chi connectivity index (χ3n) is 4.32. The maximum Gasteiger partial charge on any atom is 0.410 e. The van der Waals surface area contributed by atoms with Gasteiger partial charge >= 0.3 is 6.09 Å². The average Bonchev–Trinajstić information content (AvgIpc) is 3.15. The summed E-state index contributed by atoms with van der Waals surface area (Å²) in [6.07, 6.45) is 2.78. The van der Waals surface area contributed by atoms with Gasteiger partial charge in [-0.1, -0.05) is 0 Å². The highest BCUT2D eigenvalue weighted by Crippen LogP contribution is 2.46. The van der Waals surface area contributed by atoms with Crippen LogP contribution in [0.1, 0.15) is 40.5 Å². The van der Waals surface area contributed by atoms with E-state index in [0.29, 0.717) is 32.1 Å². The van der Waals surface area contributed by atoms with Gasteiger partial charge in [0.25, 0.3) is 0 Å². The molecular weight excluding hydrogens is 356 g/mol. The smallest absolute Gasteiger partial charge is 0.410 e. The molecule has 0 bridgehead atoms. The highest BCUT2D eigenvalue weighted by atomic mass is 32.2. The fourth-order valence-electron chi connectivity index (χ4n) is 2.89. The molecule has 0 atom stereocenters. The number of hydrogen-bond donors (Lipinski definition) is 2. The minimum Gasteiger partial charge on any atom is -0.444 e. The topological polar surface area (TPSA) is 100 Å². The summed E-state index contributed by atoms with van der Waals surface area (Å²) in [5.41, 5.74) is -0.692. The first-order chi connectivity index (χ1) is 11.9. The zero-order valence-corrected chi connectivity index (χ0v) is 17.3. The normalized spacial score (nSPS) is 20.3. The largest absolute Gasteiger partial charge is 0.444 e. The first-order valence-corrected chi connectivity index (χ1v) is 11.2. The Morgan fingerprint density at radius 1 is 1.31 bits per heavy atom. The van der Waals surface area contributed by atoms with Crippen LogP contribution in [0.2, 0.25) is 0 Å². The predicted octanol–water partition coefficient (Wildman–Crippen LogP) is 0.986. The molecule has 9 heteroatoms. The number of likely N-dealkylation sites (tertiary alicyclic amines) is 1. The van der Waals surface area contributed by atoms with Crippen molar-refractivity contribution in [2.75, 3.05) is 38.2 Å². The lowest BCUT2D eigenvalue weighted by Gasteiger charge is -2.40. The van der Waals surface area contributed by atoms with Crippen molar-refractivity contribution in [3.8, 4) is 0 Å². The molecule has 0 aromatic heterocycles. The van der Waals surface area contributed by atoms with Crippen LogP contribution in [-0.2, 0) is 14.6 Å². The van der Waals surface area contributed by atoms with Crippen LogP contribution in [-0.4, -0.2) is 75.2 Å². The summed E-state index contributed by atoms with van der Waals surface area (Å²) in [6, 6.07) is 0.116. The monoisotopic (exact) mass is 388 g/mol. The van der Waals surface area contributed by atoms with Crippen LogP contribution in [0.15, 0.2) is 4.99 Å². The molecule has 1 amide bonds. The number of sulfone groups is 1. The van der Waals surface area contributed by atoms with Crippen molar-refractivity contribution in [2.24, 2.45) is 10.4 Å². The number of amides is 1. The van der Waals surface area contributed by atoms with Gasteiger partial charge in [-0.15, -0.1) is 0 Å². The number of ether oxygens (including phenoxy) is 1. The summed E-state index contributed by atoms with van der Waals surface area (Å²) in [4.78, 5) is 18.2. The molecule has 1 aliphatic carbocycles. The Balaban J connectivity index is 1.83. The van der Waals surface area contributed by atoms with E-state index in [2.05, 4.69) is 15.6 Å². The van der Waals surface area contributed by atoms with Gasteiger partial charge in [0, 0.05) is 37.8 Å². The van der Waals surface area contributed by atoms with Gasteiger partial charge in [-0.2, -0.15) is 0 Å². The molecule has 2 aliphatic rings. The molecule has 0 spiro atoms. The van der Waals surface area contributed by atoms with Crippen molar-refractivity contribution in [1.29, 1.82) is 0 Å². The molecule has 2 rings (SSSR count). The summed E-state index contributed by atoms with van der Waals surface area (Å²) in [7, 11) is -3.00. The zero-order chi connectivity index (χ0) is 19.6. The van der Waals surface area contributed by atoms with Crippen LogP contribution < -0.4 is 10.6 Å². The maximum atomic E-state index is 12.0. The number of nitrogens with one attached hydrogen (secondary N) is 2. The summed E-state index contributed by atoms with van der Waals surface area (Å²) in [6.45, 7) is 9.86. The number of nitrogens with zero attached hydrogens (tertiary/aromatic N) is 2. The van der Waals surface area contributed by atoms with Crippen LogP contribution in [0.4, 0.5) is 4.79 Å². The number of rotatable bonds is 6. The van der Waals surface area contributed by atoms with Crippen molar-refractivity contribution in [3.63, 3.8) is 0 Å². The van der Waals surface area contributed by atoms with E-state index in [1.807, 2.05) is 27.7 Å². The lowest BCUT2D eigenvalue weighted by molar-refractivity contribution is 0.00700. The van der Waals surface area contributed by atoms with Crippen molar-refractivity contribution in [3.05, 3.63) is 0 Å². The average molecular weight is 389 g/mol. The molecule has 26 heavy (non-hydrogen) atoms. The fraction of sp³-hybridized carbons (Fsp3) is 0.882. The summed E-state index contributed by atoms with van der Waals surface area (Å²) in [5.74, 6) is 0.861. The van der Waals surface area contributed by atoms with E-state index in [-0.39, 0.29) is 23.3 Å².